The Morgan fingerprint density at radius 2 is 2.04 bits per heavy atom. The van der Waals surface area contributed by atoms with Crippen molar-refractivity contribution >= 4 is 54.0 Å². The zero-order chi connectivity index (χ0) is 18.9. The molecule has 1 heterocycles. The van der Waals surface area contributed by atoms with Crippen LogP contribution in [0.5, 0.6) is 5.75 Å². The number of sulfone groups is 1. The largest absolute Gasteiger partial charge is 0.494 e. The lowest BCUT2D eigenvalue weighted by Crippen LogP contribution is -2.29. The molecule has 0 fully saturated rings. The van der Waals surface area contributed by atoms with E-state index in [1.165, 1.54) is 42.7 Å². The fourth-order valence-electron chi connectivity index (χ4n) is 2.22. The maximum Gasteiger partial charge on any atom is 0.269 e. The molecule has 0 saturated heterocycles. The summed E-state index contributed by atoms with van der Waals surface area (Å²) in [5.41, 5.74) is 6.00. The molecule has 2 aromatic carbocycles. The average molecular weight is 412 g/mol. The van der Waals surface area contributed by atoms with Crippen LogP contribution in [0.15, 0.2) is 41.3 Å². The number of methoxy groups -OCH3 is 1. The third kappa shape index (κ3) is 3.74. The van der Waals surface area contributed by atoms with Crippen molar-refractivity contribution in [3.8, 4) is 5.75 Å². The number of anilines is 1. The van der Waals surface area contributed by atoms with Crippen molar-refractivity contribution in [1.29, 1.82) is 0 Å². The molecule has 0 unspecified atom stereocenters. The number of fused-ring (bicyclic) bond motifs is 1. The second-order valence-corrected chi connectivity index (χ2v) is 8.75. The molecule has 1 amide bonds. The quantitative estimate of drug-likeness (QED) is 0.626. The minimum Gasteiger partial charge on any atom is -0.494 e. The van der Waals surface area contributed by atoms with Gasteiger partial charge in [-0.15, -0.1) is 0 Å². The van der Waals surface area contributed by atoms with Crippen LogP contribution < -0.4 is 15.6 Å². The molecule has 1 aromatic heterocycles. The van der Waals surface area contributed by atoms with Gasteiger partial charge in [0, 0.05) is 11.8 Å². The molecule has 2 N–H and O–H groups in total. The Bertz CT molecular complexity index is 1100. The number of rotatable bonds is 5. The molecule has 0 saturated carbocycles. The summed E-state index contributed by atoms with van der Waals surface area (Å²) in [4.78, 5) is 16.7. The zero-order valence-electron chi connectivity index (χ0n) is 13.7. The van der Waals surface area contributed by atoms with E-state index in [0.29, 0.717) is 21.4 Å². The van der Waals surface area contributed by atoms with Crippen molar-refractivity contribution in [2.75, 3.05) is 18.8 Å². The summed E-state index contributed by atoms with van der Waals surface area (Å²) < 4.78 is 29.2. The lowest BCUT2D eigenvalue weighted by atomic mass is 10.2. The maximum absolute atomic E-state index is 12.3. The number of benzene rings is 2. The average Bonchev–Trinajstić information content (AvgIpc) is 3.04. The fourth-order valence-corrected chi connectivity index (χ4v) is 4.00. The predicted octanol–water partition coefficient (Wildman–Crippen LogP) is 3.12. The number of carbonyl (C=O) groups is 1. The highest BCUT2D eigenvalue weighted by atomic mass is 35.5. The van der Waals surface area contributed by atoms with Gasteiger partial charge in [0.25, 0.3) is 5.91 Å². The Morgan fingerprint density at radius 1 is 1.27 bits per heavy atom. The van der Waals surface area contributed by atoms with Crippen molar-refractivity contribution < 1.29 is 17.9 Å². The van der Waals surface area contributed by atoms with Crippen molar-refractivity contribution in [3.05, 3.63) is 47.0 Å². The lowest BCUT2D eigenvalue weighted by Gasteiger charge is -2.06. The molecule has 7 nitrogen and oxygen atoms in total. The molecule has 0 bridgehead atoms. The number of amides is 1. The SMILES string of the molecule is COc1ccc(Cl)c2sc(NNC(=O)c3cccc(S(C)(=O)=O)c3)nc12. The summed E-state index contributed by atoms with van der Waals surface area (Å²) in [5.74, 6) is 0.0775. The first-order chi connectivity index (χ1) is 12.3. The van der Waals surface area contributed by atoms with Gasteiger partial charge in [-0.25, -0.2) is 13.4 Å². The van der Waals surface area contributed by atoms with Crippen molar-refractivity contribution in [3.63, 3.8) is 0 Å². The summed E-state index contributed by atoms with van der Waals surface area (Å²) in [6.07, 6.45) is 1.08. The lowest BCUT2D eigenvalue weighted by molar-refractivity contribution is 0.0962. The number of aromatic nitrogens is 1. The van der Waals surface area contributed by atoms with Crippen LogP contribution in [0.25, 0.3) is 10.2 Å². The van der Waals surface area contributed by atoms with Crippen molar-refractivity contribution in [2.45, 2.75) is 4.90 Å². The van der Waals surface area contributed by atoms with Gasteiger partial charge in [-0.1, -0.05) is 29.0 Å². The van der Waals surface area contributed by atoms with Crippen molar-refractivity contribution in [1.82, 2.24) is 10.4 Å². The Morgan fingerprint density at radius 3 is 2.73 bits per heavy atom. The number of carbonyl (C=O) groups excluding carboxylic acids is 1. The van der Waals surface area contributed by atoms with Crippen LogP contribution in [-0.4, -0.2) is 32.7 Å². The van der Waals surface area contributed by atoms with Crippen LogP contribution in [-0.2, 0) is 9.84 Å². The first-order valence-electron chi connectivity index (χ1n) is 7.29. The third-order valence-corrected chi connectivity index (χ3v) is 6.03. The van der Waals surface area contributed by atoms with Crippen LogP contribution in [0.4, 0.5) is 5.13 Å². The van der Waals surface area contributed by atoms with Gasteiger partial charge in [0.1, 0.15) is 11.3 Å². The van der Waals surface area contributed by atoms with E-state index in [4.69, 9.17) is 16.3 Å². The monoisotopic (exact) mass is 411 g/mol. The summed E-state index contributed by atoms with van der Waals surface area (Å²) in [6, 6.07) is 9.19. The van der Waals surface area contributed by atoms with Crippen LogP contribution in [0, 0.1) is 0 Å². The molecule has 3 aromatic rings. The van der Waals surface area contributed by atoms with Crippen LogP contribution >= 0.6 is 22.9 Å². The van der Waals surface area contributed by atoms with Gasteiger partial charge in [0.2, 0.25) is 5.13 Å². The van der Waals surface area contributed by atoms with Crippen LogP contribution in [0.1, 0.15) is 10.4 Å². The van der Waals surface area contributed by atoms with E-state index in [2.05, 4.69) is 15.8 Å². The van der Waals surface area contributed by atoms with Gasteiger partial charge in [0.05, 0.1) is 21.7 Å². The second-order valence-electron chi connectivity index (χ2n) is 5.33. The number of thiazole rings is 1. The minimum atomic E-state index is -3.39. The summed E-state index contributed by atoms with van der Waals surface area (Å²) in [5, 5.41) is 0.942. The second kappa shape index (κ2) is 7.10. The molecule has 0 atom stereocenters. The van der Waals surface area contributed by atoms with Gasteiger partial charge in [-0.05, 0) is 30.3 Å². The molecule has 26 heavy (non-hydrogen) atoms. The molecule has 0 aliphatic carbocycles. The Balaban J connectivity index is 1.80. The van der Waals surface area contributed by atoms with E-state index < -0.39 is 15.7 Å². The highest BCUT2D eigenvalue weighted by molar-refractivity contribution is 7.90. The van der Waals surface area contributed by atoms with Gasteiger partial charge in [-0.3, -0.25) is 15.6 Å². The summed E-state index contributed by atoms with van der Waals surface area (Å²) in [6.45, 7) is 0. The van der Waals surface area contributed by atoms with Gasteiger partial charge >= 0.3 is 0 Å². The number of nitrogens with one attached hydrogen (secondary N) is 2. The highest BCUT2D eigenvalue weighted by Gasteiger charge is 2.14. The normalized spacial score (nSPS) is 11.3. The number of hydrogen-bond donors (Lipinski definition) is 2. The molecular weight excluding hydrogens is 398 g/mol. The zero-order valence-corrected chi connectivity index (χ0v) is 16.1. The van der Waals surface area contributed by atoms with Gasteiger partial charge < -0.3 is 4.74 Å². The van der Waals surface area contributed by atoms with E-state index in [1.54, 1.807) is 12.1 Å². The standard InChI is InChI=1S/C16H14ClN3O4S2/c1-24-12-7-6-11(17)14-13(12)18-16(25-14)20-19-15(21)9-4-3-5-10(8-9)26(2,22)23/h3-8H,1-2H3,(H,18,20)(H,19,21). The minimum absolute atomic E-state index is 0.0710. The predicted molar refractivity (Wildman–Crippen MR) is 102 cm³/mol. The van der Waals surface area contributed by atoms with Gasteiger partial charge in [0.15, 0.2) is 9.84 Å². The van der Waals surface area contributed by atoms with E-state index in [1.807, 2.05) is 0 Å². The number of halogens is 1. The first-order valence-corrected chi connectivity index (χ1v) is 10.4. The summed E-state index contributed by atoms with van der Waals surface area (Å²) >= 11 is 7.41. The van der Waals surface area contributed by atoms with Gasteiger partial charge in [-0.2, -0.15) is 0 Å². The molecule has 3 rings (SSSR count). The molecule has 136 valence electrons. The van der Waals surface area contributed by atoms with E-state index in [0.717, 1.165) is 11.0 Å². The Kier molecular flexibility index (Phi) is 5.03. The van der Waals surface area contributed by atoms with Crippen LogP contribution in [0.3, 0.4) is 0 Å². The number of nitrogens with zero attached hydrogens (tertiary/aromatic N) is 1. The molecule has 0 spiro atoms. The molecule has 0 radical (unpaired) electrons. The number of hydrogen-bond acceptors (Lipinski definition) is 7. The maximum atomic E-state index is 12.3. The first kappa shape index (κ1) is 18.4. The fraction of sp³-hybridized carbons (Fsp3) is 0.125. The molecule has 10 heteroatoms. The van der Waals surface area contributed by atoms with E-state index in [-0.39, 0.29) is 10.5 Å². The summed E-state index contributed by atoms with van der Waals surface area (Å²) in [7, 11) is -1.86. The number of ether oxygens (including phenoxy) is 1. The van der Waals surface area contributed by atoms with E-state index >= 15 is 0 Å². The Labute approximate surface area is 158 Å². The molecule has 0 aliphatic rings. The highest BCUT2D eigenvalue weighted by Crippen LogP contribution is 2.37. The van der Waals surface area contributed by atoms with Crippen molar-refractivity contribution in [2.24, 2.45) is 0 Å². The van der Waals surface area contributed by atoms with Crippen LogP contribution in [0.2, 0.25) is 5.02 Å². The van der Waals surface area contributed by atoms with E-state index in [9.17, 15) is 13.2 Å². The Hall–Kier alpha value is -2.36. The molecule has 0 aliphatic heterocycles. The topological polar surface area (TPSA) is 97.4 Å². The number of hydrazine groups is 1. The third-order valence-electron chi connectivity index (χ3n) is 3.49. The molecular formula is C16H14ClN3O4S2. The smallest absolute Gasteiger partial charge is 0.269 e.